The molecule has 0 saturated carbocycles. The van der Waals surface area contributed by atoms with Crippen LogP contribution in [0.15, 0.2) is 48.7 Å². The number of amides is 3. The van der Waals surface area contributed by atoms with Crippen LogP contribution in [0.1, 0.15) is 43.7 Å². The third-order valence-corrected chi connectivity index (χ3v) is 7.03. The first-order valence-corrected chi connectivity index (χ1v) is 12.9. The van der Waals surface area contributed by atoms with Crippen molar-refractivity contribution in [3.63, 3.8) is 0 Å². The normalized spacial score (nSPS) is 26.7. The van der Waals surface area contributed by atoms with Gasteiger partial charge in [0.25, 0.3) is 11.8 Å². The molecule has 0 radical (unpaired) electrons. The summed E-state index contributed by atoms with van der Waals surface area (Å²) >= 11 is 0. The van der Waals surface area contributed by atoms with Gasteiger partial charge < -0.3 is 30.5 Å². The van der Waals surface area contributed by atoms with E-state index >= 15 is 0 Å². The summed E-state index contributed by atoms with van der Waals surface area (Å²) in [5.41, 5.74) is 0.509. The maximum absolute atomic E-state index is 13.7. The molecule has 2 aromatic rings. The molecule has 2 heterocycles. The standard InChI is InChI=1S/C28H36N4O7/c1-15(2)24-27(37)32(5)17(4)21(31-26(36)22-20(33)12-9-13-29-22)25(35)30-19(14-18-10-7-6-8-11-18)23(34)16(3)28(38)39-24/h6-13,15-17,19,21,23-24,33-34H,14H2,1-5H3,(H,30,35)(H,31,36)/t16-,17-,19+,21+,23+,24?/m1/s1. The van der Waals surface area contributed by atoms with Crippen LogP contribution in [0.25, 0.3) is 0 Å². The maximum atomic E-state index is 13.7. The average Bonchev–Trinajstić information content (AvgIpc) is 2.92. The zero-order chi connectivity index (χ0) is 28.9. The van der Waals surface area contributed by atoms with Crippen LogP contribution in [0.3, 0.4) is 0 Å². The first-order valence-electron chi connectivity index (χ1n) is 12.9. The zero-order valence-electron chi connectivity index (χ0n) is 22.7. The number of carbonyl (C=O) groups excluding carboxylic acids is 4. The van der Waals surface area contributed by atoms with Crippen LogP contribution < -0.4 is 10.6 Å². The number of rotatable bonds is 5. The molecule has 1 aliphatic rings. The number of esters is 1. The third kappa shape index (κ3) is 6.91. The van der Waals surface area contributed by atoms with E-state index < -0.39 is 65.9 Å². The summed E-state index contributed by atoms with van der Waals surface area (Å²) in [6.07, 6.45) is -1.03. The highest BCUT2D eigenvalue weighted by atomic mass is 16.6. The molecule has 0 aliphatic carbocycles. The minimum atomic E-state index is -1.37. The molecule has 3 amide bonds. The van der Waals surface area contributed by atoms with Crippen LogP contribution in [-0.4, -0.2) is 81.2 Å². The Labute approximate surface area is 227 Å². The monoisotopic (exact) mass is 540 g/mol. The number of aromatic hydroxyl groups is 1. The van der Waals surface area contributed by atoms with Crippen molar-refractivity contribution in [2.24, 2.45) is 11.8 Å². The SMILES string of the molecule is CC(C)C1OC(=O)[C@H](C)[C@H](O)[C@H](Cc2ccccc2)NC(=O)[C@@H](NC(=O)c2ncccc2O)[C@@H](C)N(C)C1=O. The number of hydrogen-bond acceptors (Lipinski definition) is 8. The molecular formula is C28H36N4O7. The van der Waals surface area contributed by atoms with Gasteiger partial charge in [-0.15, -0.1) is 0 Å². The van der Waals surface area contributed by atoms with E-state index in [4.69, 9.17) is 4.74 Å². The van der Waals surface area contributed by atoms with Gasteiger partial charge in [-0.05, 0) is 43.9 Å². The number of aliphatic hydroxyl groups is 1. The number of benzene rings is 1. The molecular weight excluding hydrogens is 504 g/mol. The van der Waals surface area contributed by atoms with E-state index in [-0.39, 0.29) is 17.9 Å². The number of nitrogens with zero attached hydrogens (tertiary/aromatic N) is 2. The van der Waals surface area contributed by atoms with Gasteiger partial charge in [0.05, 0.1) is 24.1 Å². The van der Waals surface area contributed by atoms with Crippen molar-refractivity contribution in [2.45, 2.75) is 64.4 Å². The molecule has 210 valence electrons. The number of likely N-dealkylation sites (N-methyl/N-ethyl adjacent to an activating group) is 1. The fraction of sp³-hybridized carbons (Fsp3) is 0.464. The molecule has 1 aromatic heterocycles. The van der Waals surface area contributed by atoms with Gasteiger partial charge in [0, 0.05) is 13.2 Å². The Morgan fingerprint density at radius 1 is 1.13 bits per heavy atom. The second-order valence-electron chi connectivity index (χ2n) is 10.2. The minimum Gasteiger partial charge on any atom is -0.505 e. The van der Waals surface area contributed by atoms with Gasteiger partial charge in [-0.25, -0.2) is 4.98 Å². The van der Waals surface area contributed by atoms with E-state index in [2.05, 4.69) is 15.6 Å². The molecule has 39 heavy (non-hydrogen) atoms. The van der Waals surface area contributed by atoms with Crippen LogP contribution in [-0.2, 0) is 25.5 Å². The van der Waals surface area contributed by atoms with Crippen LogP contribution in [0, 0.1) is 11.8 Å². The fourth-order valence-electron chi connectivity index (χ4n) is 4.40. The second-order valence-corrected chi connectivity index (χ2v) is 10.2. The lowest BCUT2D eigenvalue weighted by atomic mass is 9.91. The lowest BCUT2D eigenvalue weighted by molar-refractivity contribution is -0.170. The minimum absolute atomic E-state index is 0.184. The van der Waals surface area contributed by atoms with Gasteiger partial charge in [0.2, 0.25) is 5.91 Å². The number of ether oxygens (including phenoxy) is 1. The first-order chi connectivity index (χ1) is 18.4. The zero-order valence-corrected chi connectivity index (χ0v) is 22.7. The van der Waals surface area contributed by atoms with Gasteiger partial charge in [0.1, 0.15) is 11.8 Å². The molecule has 1 fully saturated rings. The van der Waals surface area contributed by atoms with Gasteiger partial charge in [-0.2, -0.15) is 0 Å². The quantitative estimate of drug-likeness (QED) is 0.410. The number of aromatic nitrogens is 1. The van der Waals surface area contributed by atoms with Crippen LogP contribution in [0.2, 0.25) is 0 Å². The van der Waals surface area contributed by atoms with E-state index in [1.54, 1.807) is 20.8 Å². The lowest BCUT2D eigenvalue weighted by Crippen LogP contribution is -2.63. The Kier molecular flexibility index (Phi) is 9.63. The molecule has 0 bridgehead atoms. The number of cyclic esters (lactones) is 1. The molecule has 11 heteroatoms. The van der Waals surface area contributed by atoms with Crippen molar-refractivity contribution in [1.29, 1.82) is 0 Å². The van der Waals surface area contributed by atoms with Gasteiger partial charge in [-0.3, -0.25) is 19.2 Å². The number of nitrogens with one attached hydrogen (secondary N) is 2. The number of hydrogen-bond donors (Lipinski definition) is 4. The average molecular weight is 541 g/mol. The summed E-state index contributed by atoms with van der Waals surface area (Å²) in [5, 5.41) is 26.7. The van der Waals surface area contributed by atoms with Gasteiger partial charge >= 0.3 is 5.97 Å². The highest BCUT2D eigenvalue weighted by molar-refractivity contribution is 5.98. The lowest BCUT2D eigenvalue weighted by Gasteiger charge is -2.37. The molecule has 11 nitrogen and oxygen atoms in total. The van der Waals surface area contributed by atoms with E-state index in [1.165, 1.54) is 37.2 Å². The van der Waals surface area contributed by atoms with Crippen molar-refractivity contribution >= 4 is 23.7 Å². The van der Waals surface area contributed by atoms with Crippen molar-refractivity contribution in [2.75, 3.05) is 7.05 Å². The van der Waals surface area contributed by atoms with Crippen LogP contribution in [0.4, 0.5) is 0 Å². The Balaban J connectivity index is 2.04. The second kappa shape index (κ2) is 12.7. The van der Waals surface area contributed by atoms with E-state index in [9.17, 15) is 29.4 Å². The highest BCUT2D eigenvalue weighted by Crippen LogP contribution is 2.21. The Morgan fingerprint density at radius 2 is 1.79 bits per heavy atom. The first kappa shape index (κ1) is 29.6. The molecule has 1 aliphatic heterocycles. The summed E-state index contributed by atoms with van der Waals surface area (Å²) in [6.45, 7) is 6.47. The Hall–Kier alpha value is -3.99. The van der Waals surface area contributed by atoms with E-state index in [0.717, 1.165) is 5.56 Å². The van der Waals surface area contributed by atoms with Crippen molar-refractivity contribution < 1.29 is 34.1 Å². The highest BCUT2D eigenvalue weighted by Gasteiger charge is 2.41. The maximum Gasteiger partial charge on any atom is 0.312 e. The molecule has 1 unspecified atom stereocenters. The van der Waals surface area contributed by atoms with Crippen molar-refractivity contribution in [1.82, 2.24) is 20.5 Å². The summed E-state index contributed by atoms with van der Waals surface area (Å²) in [6, 6.07) is 8.69. The summed E-state index contributed by atoms with van der Waals surface area (Å²) < 4.78 is 5.59. The predicted molar refractivity (Wildman–Crippen MR) is 141 cm³/mol. The molecule has 3 rings (SSSR count). The predicted octanol–water partition coefficient (Wildman–Crippen LogP) is 1.04. The topological polar surface area (TPSA) is 158 Å². The molecule has 4 N–H and O–H groups in total. The van der Waals surface area contributed by atoms with Gasteiger partial charge in [0.15, 0.2) is 11.8 Å². The van der Waals surface area contributed by atoms with Gasteiger partial charge in [-0.1, -0.05) is 44.2 Å². The van der Waals surface area contributed by atoms with Crippen LogP contribution >= 0.6 is 0 Å². The molecule has 1 saturated heterocycles. The number of pyridine rings is 1. The number of aliphatic hydroxyl groups excluding tert-OH is 1. The third-order valence-electron chi connectivity index (χ3n) is 7.03. The number of carbonyl (C=O) groups is 4. The summed E-state index contributed by atoms with van der Waals surface area (Å²) in [7, 11) is 1.45. The molecule has 0 spiro atoms. The fourth-order valence-corrected chi connectivity index (χ4v) is 4.40. The molecule has 1 aromatic carbocycles. The largest absolute Gasteiger partial charge is 0.505 e. The Morgan fingerprint density at radius 3 is 2.41 bits per heavy atom. The summed E-state index contributed by atoms with van der Waals surface area (Å²) in [5.74, 6) is -4.70. The van der Waals surface area contributed by atoms with Crippen LogP contribution in [0.5, 0.6) is 5.75 Å². The van der Waals surface area contributed by atoms with E-state index in [0.29, 0.717) is 0 Å². The Bertz CT molecular complexity index is 1190. The van der Waals surface area contributed by atoms with Crippen molar-refractivity contribution in [3.8, 4) is 5.75 Å². The van der Waals surface area contributed by atoms with Crippen molar-refractivity contribution in [3.05, 3.63) is 59.9 Å². The smallest absolute Gasteiger partial charge is 0.312 e. The van der Waals surface area contributed by atoms with E-state index in [1.807, 2.05) is 30.3 Å². The molecule has 6 atom stereocenters. The summed E-state index contributed by atoms with van der Waals surface area (Å²) in [4.78, 5) is 58.3.